The summed E-state index contributed by atoms with van der Waals surface area (Å²) in [4.78, 5) is 0. The van der Waals surface area contributed by atoms with E-state index in [0.29, 0.717) is 0 Å². The average Bonchev–Trinajstić information content (AvgIpc) is 2.25. The van der Waals surface area contributed by atoms with Crippen LogP contribution in [0.3, 0.4) is 0 Å². The summed E-state index contributed by atoms with van der Waals surface area (Å²) in [6.45, 7) is 4.71. The molecule has 0 fully saturated rings. The van der Waals surface area contributed by atoms with Gasteiger partial charge in [0.2, 0.25) is 0 Å². The lowest BCUT2D eigenvalue weighted by Gasteiger charge is -2.01. The fourth-order valence-corrected chi connectivity index (χ4v) is 3.07. The zero-order chi connectivity index (χ0) is 10.1. The molecule has 76 valence electrons. The first kappa shape index (κ1) is 11.1. The monoisotopic (exact) mass is 205 g/mol. The number of nitrogens with one attached hydrogen (secondary N) is 1. The summed E-state index contributed by atoms with van der Waals surface area (Å²) in [7, 11) is 0.111. The molecular weight excluding hydrogens is 186 g/mol. The van der Waals surface area contributed by atoms with Crippen LogP contribution in [0.15, 0.2) is 43.1 Å². The molecule has 1 rings (SSSR count). The van der Waals surface area contributed by atoms with Crippen LogP contribution >= 0.6 is 0 Å². The van der Waals surface area contributed by atoms with Crippen LogP contribution < -0.4 is 5.32 Å². The molecule has 0 aliphatic heterocycles. The molecule has 0 heterocycles. The Labute approximate surface area is 89.1 Å². The molecule has 0 amide bonds. The minimum absolute atomic E-state index is 0.111. The van der Waals surface area contributed by atoms with Gasteiger partial charge in [-0.1, -0.05) is 48.5 Å². The molecule has 0 atom stereocenters. The molecule has 0 bridgehead atoms. The average molecular weight is 205 g/mol. The van der Waals surface area contributed by atoms with E-state index in [1.54, 1.807) is 6.20 Å². The molecule has 0 aliphatic carbocycles. The fourth-order valence-electron chi connectivity index (χ4n) is 1.48. The van der Waals surface area contributed by atoms with Crippen molar-refractivity contribution < 1.29 is 0 Å². The van der Waals surface area contributed by atoms with Crippen molar-refractivity contribution in [1.29, 1.82) is 0 Å². The van der Waals surface area contributed by atoms with Gasteiger partial charge in [-0.3, -0.25) is 0 Å². The van der Waals surface area contributed by atoms with Gasteiger partial charge in [-0.25, -0.2) is 0 Å². The maximum absolute atomic E-state index is 3.63. The molecule has 1 aromatic rings. The Balaban J connectivity index is 2.02. The molecule has 2 heteroatoms. The van der Waals surface area contributed by atoms with Crippen molar-refractivity contribution in [3.05, 3.63) is 48.7 Å². The van der Waals surface area contributed by atoms with Crippen LogP contribution in [-0.4, -0.2) is 16.1 Å². The fraction of sp³-hybridized carbons (Fsp3) is 0.333. The van der Waals surface area contributed by atoms with Crippen LogP contribution in [0, 0.1) is 0 Å². The van der Waals surface area contributed by atoms with Crippen LogP contribution in [0.25, 0.3) is 0 Å². The smallest absolute Gasteiger partial charge is 0.0248 e. The molecule has 1 nitrogen and oxygen atoms in total. The summed E-state index contributed by atoms with van der Waals surface area (Å²) >= 11 is 0. The minimum Gasteiger partial charge on any atom is -0.391 e. The third kappa shape index (κ3) is 4.87. The van der Waals surface area contributed by atoms with Crippen LogP contribution in [0.5, 0.6) is 0 Å². The summed E-state index contributed by atoms with van der Waals surface area (Å²) in [5.41, 5.74) is 1.51. The molecule has 0 aromatic heterocycles. The summed E-state index contributed by atoms with van der Waals surface area (Å²) < 4.78 is 0. The van der Waals surface area contributed by atoms with Crippen LogP contribution in [-0.2, 0) is 6.04 Å². The topological polar surface area (TPSA) is 12.0 Å². The highest BCUT2D eigenvalue weighted by molar-refractivity contribution is 6.34. The van der Waals surface area contributed by atoms with Crippen LogP contribution in [0.1, 0.15) is 12.0 Å². The van der Waals surface area contributed by atoms with Gasteiger partial charge in [-0.15, -0.1) is 0 Å². The molecule has 0 aliphatic rings. The molecule has 1 aromatic carbocycles. The van der Waals surface area contributed by atoms with E-state index < -0.39 is 0 Å². The lowest BCUT2D eigenvalue weighted by Crippen LogP contribution is -2.07. The quantitative estimate of drug-likeness (QED) is 0.529. The summed E-state index contributed by atoms with van der Waals surface area (Å²) in [6, 6.07) is 13.6. The SMILES string of the molecule is C=CNCCC[SiH2]Cc1ccccc1. The number of benzene rings is 1. The maximum Gasteiger partial charge on any atom is 0.0248 e. The van der Waals surface area contributed by atoms with Crippen molar-refractivity contribution in [2.24, 2.45) is 0 Å². The van der Waals surface area contributed by atoms with E-state index in [0.717, 1.165) is 6.54 Å². The van der Waals surface area contributed by atoms with Gasteiger partial charge in [0.25, 0.3) is 0 Å². The van der Waals surface area contributed by atoms with Crippen molar-refractivity contribution in [2.45, 2.75) is 18.5 Å². The third-order valence-electron chi connectivity index (χ3n) is 2.27. The Kier molecular flexibility index (Phi) is 5.83. The first-order valence-corrected chi connectivity index (χ1v) is 7.31. The van der Waals surface area contributed by atoms with E-state index in [-0.39, 0.29) is 9.52 Å². The van der Waals surface area contributed by atoms with E-state index in [1.165, 1.54) is 24.1 Å². The highest BCUT2D eigenvalue weighted by Crippen LogP contribution is 2.00. The Bertz CT molecular complexity index is 246. The van der Waals surface area contributed by atoms with Gasteiger partial charge in [0.1, 0.15) is 0 Å². The number of rotatable bonds is 7. The molecule has 0 unspecified atom stereocenters. The van der Waals surface area contributed by atoms with E-state index in [1.807, 2.05) is 0 Å². The van der Waals surface area contributed by atoms with E-state index in [2.05, 4.69) is 42.2 Å². The summed E-state index contributed by atoms with van der Waals surface area (Å²) in [5, 5.41) is 3.13. The highest BCUT2D eigenvalue weighted by Gasteiger charge is 1.92. The van der Waals surface area contributed by atoms with Crippen LogP contribution in [0.4, 0.5) is 0 Å². The Morgan fingerprint density at radius 3 is 2.79 bits per heavy atom. The molecule has 0 radical (unpaired) electrons. The lowest BCUT2D eigenvalue weighted by atomic mass is 10.2. The van der Waals surface area contributed by atoms with Crippen LogP contribution in [0.2, 0.25) is 6.04 Å². The zero-order valence-electron chi connectivity index (χ0n) is 8.71. The van der Waals surface area contributed by atoms with Crippen molar-refractivity contribution in [3.8, 4) is 0 Å². The van der Waals surface area contributed by atoms with Crippen molar-refractivity contribution >= 4 is 9.52 Å². The van der Waals surface area contributed by atoms with Gasteiger partial charge < -0.3 is 5.32 Å². The summed E-state index contributed by atoms with van der Waals surface area (Å²) in [5.74, 6) is 0. The largest absolute Gasteiger partial charge is 0.391 e. The Morgan fingerprint density at radius 1 is 1.29 bits per heavy atom. The highest BCUT2D eigenvalue weighted by atomic mass is 28.2. The molecule has 1 N–H and O–H groups in total. The van der Waals surface area contributed by atoms with E-state index in [4.69, 9.17) is 0 Å². The molecule has 0 saturated heterocycles. The first-order valence-electron chi connectivity index (χ1n) is 5.31. The second kappa shape index (κ2) is 7.39. The molecular formula is C12H19NSi. The predicted molar refractivity (Wildman–Crippen MR) is 66.3 cm³/mol. The maximum atomic E-state index is 3.63. The standard InChI is InChI=1S/C12H19NSi/c1-2-13-9-6-10-14-11-12-7-4-3-5-8-12/h2-5,7-8,13H,1,6,9-11,14H2. The second-order valence-electron chi connectivity index (χ2n) is 3.45. The van der Waals surface area contributed by atoms with Crippen molar-refractivity contribution in [3.63, 3.8) is 0 Å². The summed E-state index contributed by atoms with van der Waals surface area (Å²) in [6.07, 6.45) is 3.07. The Hall–Kier alpha value is -1.02. The lowest BCUT2D eigenvalue weighted by molar-refractivity contribution is 0.806. The van der Waals surface area contributed by atoms with Gasteiger partial charge in [-0.2, -0.15) is 0 Å². The number of hydrogen-bond acceptors (Lipinski definition) is 1. The van der Waals surface area contributed by atoms with Gasteiger partial charge in [0, 0.05) is 16.1 Å². The van der Waals surface area contributed by atoms with Gasteiger partial charge in [0.05, 0.1) is 0 Å². The van der Waals surface area contributed by atoms with Gasteiger partial charge in [0.15, 0.2) is 0 Å². The second-order valence-corrected chi connectivity index (χ2v) is 5.37. The van der Waals surface area contributed by atoms with Gasteiger partial charge in [-0.05, 0) is 18.7 Å². The molecule has 0 spiro atoms. The molecule has 0 saturated carbocycles. The van der Waals surface area contributed by atoms with E-state index in [9.17, 15) is 0 Å². The van der Waals surface area contributed by atoms with Crippen molar-refractivity contribution in [2.75, 3.05) is 6.54 Å². The predicted octanol–water partition coefficient (Wildman–Crippen LogP) is 1.90. The molecule has 14 heavy (non-hydrogen) atoms. The zero-order valence-corrected chi connectivity index (χ0v) is 10.1. The minimum atomic E-state index is 0.111. The normalized spacial score (nSPS) is 10.6. The number of hydrogen-bond donors (Lipinski definition) is 1. The van der Waals surface area contributed by atoms with Gasteiger partial charge >= 0.3 is 0 Å². The first-order chi connectivity index (χ1) is 6.93. The third-order valence-corrected chi connectivity index (χ3v) is 4.20. The Morgan fingerprint density at radius 2 is 2.07 bits per heavy atom. The van der Waals surface area contributed by atoms with Crippen molar-refractivity contribution in [1.82, 2.24) is 5.32 Å². The van der Waals surface area contributed by atoms with E-state index >= 15 is 0 Å².